The number of pyridine rings is 1. The number of fused-ring (bicyclic) bond motifs is 2. The highest BCUT2D eigenvalue weighted by atomic mass is 32.2. The van der Waals surface area contributed by atoms with Crippen molar-refractivity contribution in [3.63, 3.8) is 0 Å². The summed E-state index contributed by atoms with van der Waals surface area (Å²) in [4.78, 5) is 41.8. The minimum atomic E-state index is -0.414. The molecule has 152 valence electrons. The molecule has 8 nitrogen and oxygen atoms in total. The minimum absolute atomic E-state index is 0.123. The summed E-state index contributed by atoms with van der Waals surface area (Å²) >= 11 is 1.48. The average molecular weight is 420 g/mol. The molecule has 2 aliphatic rings. The topological polar surface area (TPSA) is 97.9 Å². The van der Waals surface area contributed by atoms with Crippen LogP contribution in [0.4, 0.5) is 0 Å². The molecule has 30 heavy (non-hydrogen) atoms. The number of H-pyrrole nitrogens is 1. The van der Waals surface area contributed by atoms with Gasteiger partial charge in [-0.15, -0.1) is 0 Å². The summed E-state index contributed by atoms with van der Waals surface area (Å²) in [5, 5.41) is 1.04. The fourth-order valence-electron chi connectivity index (χ4n) is 3.85. The van der Waals surface area contributed by atoms with Gasteiger partial charge in [-0.2, -0.15) is 0 Å². The van der Waals surface area contributed by atoms with E-state index in [1.807, 2.05) is 35.9 Å². The Morgan fingerprint density at radius 3 is 2.70 bits per heavy atom. The molecule has 0 bridgehead atoms. The van der Waals surface area contributed by atoms with Gasteiger partial charge in [0.2, 0.25) is 0 Å². The second kappa shape index (κ2) is 6.53. The summed E-state index contributed by atoms with van der Waals surface area (Å²) in [5.41, 5.74) is 2.66. The van der Waals surface area contributed by atoms with Crippen LogP contribution in [0.2, 0.25) is 0 Å². The molecule has 4 heterocycles. The van der Waals surface area contributed by atoms with Crippen LogP contribution in [0.25, 0.3) is 16.7 Å². The van der Waals surface area contributed by atoms with Gasteiger partial charge >= 0.3 is 5.69 Å². The molecule has 2 saturated carbocycles. The first-order valence-corrected chi connectivity index (χ1v) is 11.2. The molecule has 1 N–H and O–H groups in total. The zero-order chi connectivity index (χ0) is 20.4. The zero-order valence-electron chi connectivity index (χ0n) is 16.5. The highest BCUT2D eigenvalue weighted by Crippen LogP contribution is 2.41. The maximum Gasteiger partial charge on any atom is 0.330 e. The molecule has 0 amide bonds. The van der Waals surface area contributed by atoms with Gasteiger partial charge in [-0.05, 0) is 44.2 Å². The Labute approximate surface area is 175 Å². The van der Waals surface area contributed by atoms with Crippen molar-refractivity contribution in [2.45, 2.75) is 55.3 Å². The van der Waals surface area contributed by atoms with Gasteiger partial charge in [0.05, 0.1) is 5.69 Å². The van der Waals surface area contributed by atoms with Crippen molar-refractivity contribution < 1.29 is 0 Å². The number of imidazole rings is 1. The van der Waals surface area contributed by atoms with Gasteiger partial charge in [0.25, 0.3) is 5.56 Å². The lowest BCUT2D eigenvalue weighted by Gasteiger charge is -2.11. The number of rotatable bonds is 5. The summed E-state index contributed by atoms with van der Waals surface area (Å²) in [6.07, 6.45) is 7.97. The summed E-state index contributed by atoms with van der Waals surface area (Å²) in [6.45, 7) is 2.04. The Morgan fingerprint density at radius 2 is 1.97 bits per heavy atom. The molecular weight excluding hydrogens is 400 g/mol. The first-order chi connectivity index (χ1) is 14.6. The lowest BCUT2D eigenvalue weighted by molar-refractivity contribution is 0.691. The van der Waals surface area contributed by atoms with Crippen LogP contribution in [0.3, 0.4) is 0 Å². The second-order valence-corrected chi connectivity index (χ2v) is 9.13. The van der Waals surface area contributed by atoms with E-state index in [0.717, 1.165) is 48.4 Å². The number of aromatic nitrogens is 6. The van der Waals surface area contributed by atoms with Gasteiger partial charge in [0.1, 0.15) is 21.9 Å². The normalized spacial score (nSPS) is 16.6. The molecule has 0 radical (unpaired) electrons. The Bertz CT molecular complexity index is 1430. The Kier molecular flexibility index (Phi) is 3.89. The van der Waals surface area contributed by atoms with Crippen LogP contribution in [0.1, 0.15) is 54.7 Å². The molecule has 6 rings (SSSR count). The van der Waals surface area contributed by atoms with Crippen molar-refractivity contribution in [3.05, 3.63) is 62.4 Å². The highest BCUT2D eigenvalue weighted by molar-refractivity contribution is 7.98. The molecule has 2 aliphatic carbocycles. The highest BCUT2D eigenvalue weighted by Gasteiger charge is 2.32. The molecule has 9 heteroatoms. The first kappa shape index (κ1) is 17.9. The summed E-state index contributed by atoms with van der Waals surface area (Å²) in [5.74, 6) is 1.66. The van der Waals surface area contributed by atoms with E-state index in [1.165, 1.54) is 11.8 Å². The van der Waals surface area contributed by atoms with Gasteiger partial charge in [-0.3, -0.25) is 14.3 Å². The van der Waals surface area contributed by atoms with E-state index in [1.54, 1.807) is 4.57 Å². The van der Waals surface area contributed by atoms with Crippen molar-refractivity contribution >= 4 is 28.4 Å². The lowest BCUT2D eigenvalue weighted by Crippen LogP contribution is -2.31. The van der Waals surface area contributed by atoms with Crippen LogP contribution < -0.4 is 11.2 Å². The van der Waals surface area contributed by atoms with Crippen LogP contribution in [0.5, 0.6) is 0 Å². The number of hydrogen-bond donors (Lipinski definition) is 1. The third-order valence-corrected chi connectivity index (χ3v) is 6.72. The van der Waals surface area contributed by atoms with E-state index < -0.39 is 5.56 Å². The molecule has 0 atom stereocenters. The van der Waals surface area contributed by atoms with Crippen molar-refractivity contribution in [3.8, 4) is 0 Å². The standard InChI is InChI=1S/C21H20N6O2S/c1-11-3-2-8-26-9-13(22-17(11)26)10-30-20-15-18(23-16(24-20)12-4-5-12)27(14-6-7-14)21(29)25-19(15)28/h2-3,8-9,12,14H,4-7,10H2,1H3,(H,25,28,29). The summed E-state index contributed by atoms with van der Waals surface area (Å²) in [7, 11) is 0. The Balaban J connectivity index is 1.46. The predicted octanol–water partition coefficient (Wildman–Crippen LogP) is 2.94. The van der Waals surface area contributed by atoms with E-state index in [2.05, 4.69) is 9.97 Å². The van der Waals surface area contributed by atoms with E-state index in [9.17, 15) is 9.59 Å². The molecule has 0 aromatic carbocycles. The maximum absolute atomic E-state index is 12.7. The van der Waals surface area contributed by atoms with Gasteiger partial charge in [-0.1, -0.05) is 17.8 Å². The van der Waals surface area contributed by atoms with E-state index in [4.69, 9.17) is 9.97 Å². The lowest BCUT2D eigenvalue weighted by atomic mass is 10.3. The van der Waals surface area contributed by atoms with Gasteiger partial charge in [0, 0.05) is 30.1 Å². The molecule has 0 unspecified atom stereocenters. The van der Waals surface area contributed by atoms with Gasteiger partial charge in [0.15, 0.2) is 5.65 Å². The zero-order valence-corrected chi connectivity index (χ0v) is 17.3. The van der Waals surface area contributed by atoms with Crippen molar-refractivity contribution in [2.75, 3.05) is 0 Å². The average Bonchev–Trinajstić information content (AvgIpc) is 3.64. The summed E-state index contributed by atoms with van der Waals surface area (Å²) in [6, 6.07) is 4.16. The molecule has 2 fully saturated rings. The molecule has 0 aliphatic heterocycles. The van der Waals surface area contributed by atoms with Crippen LogP contribution in [-0.2, 0) is 5.75 Å². The van der Waals surface area contributed by atoms with E-state index in [-0.39, 0.29) is 11.7 Å². The third kappa shape index (κ3) is 2.96. The van der Waals surface area contributed by atoms with E-state index >= 15 is 0 Å². The Morgan fingerprint density at radius 1 is 1.13 bits per heavy atom. The minimum Gasteiger partial charge on any atom is -0.307 e. The smallest absolute Gasteiger partial charge is 0.307 e. The van der Waals surface area contributed by atoms with Crippen LogP contribution in [0.15, 0.2) is 39.1 Å². The van der Waals surface area contributed by atoms with Crippen LogP contribution in [0, 0.1) is 6.92 Å². The largest absolute Gasteiger partial charge is 0.330 e. The number of hydrogen-bond acceptors (Lipinski definition) is 6. The summed E-state index contributed by atoms with van der Waals surface area (Å²) < 4.78 is 3.67. The van der Waals surface area contributed by atoms with Crippen molar-refractivity contribution in [1.82, 2.24) is 28.9 Å². The third-order valence-electron chi connectivity index (χ3n) is 5.71. The Hall–Kier alpha value is -2.94. The van der Waals surface area contributed by atoms with Crippen molar-refractivity contribution in [1.29, 1.82) is 0 Å². The number of nitrogens with one attached hydrogen (secondary N) is 1. The van der Waals surface area contributed by atoms with Crippen molar-refractivity contribution in [2.24, 2.45) is 0 Å². The molecular formula is C21H20N6O2S. The van der Waals surface area contributed by atoms with Gasteiger partial charge < -0.3 is 4.40 Å². The fourth-order valence-corrected chi connectivity index (χ4v) is 4.76. The SMILES string of the molecule is Cc1cccn2cc(CSc3nc(C4CC4)nc4c3c(=O)[nH]c(=O)n4C3CC3)nc12. The number of nitrogens with zero attached hydrogens (tertiary/aromatic N) is 5. The molecule has 4 aromatic heterocycles. The van der Waals surface area contributed by atoms with E-state index in [0.29, 0.717) is 27.7 Å². The van der Waals surface area contributed by atoms with Crippen LogP contribution in [-0.4, -0.2) is 28.9 Å². The second-order valence-electron chi connectivity index (χ2n) is 8.16. The first-order valence-electron chi connectivity index (χ1n) is 10.2. The molecule has 0 spiro atoms. The quantitative estimate of drug-likeness (QED) is 0.394. The van der Waals surface area contributed by atoms with Gasteiger partial charge in [-0.25, -0.2) is 19.7 Å². The fraction of sp³-hybridized carbons (Fsp3) is 0.381. The predicted molar refractivity (Wildman–Crippen MR) is 114 cm³/mol. The number of aryl methyl sites for hydroxylation is 1. The number of aromatic amines is 1. The monoisotopic (exact) mass is 420 g/mol. The molecule has 0 saturated heterocycles. The molecule has 4 aromatic rings. The maximum atomic E-state index is 12.7. The number of thioether (sulfide) groups is 1. The van der Waals surface area contributed by atoms with Crippen LogP contribution >= 0.6 is 11.8 Å².